The molecule has 0 saturated carbocycles. The highest BCUT2D eigenvalue weighted by Gasteiger charge is 2.21. The number of hydrogen-bond acceptors (Lipinski definition) is 3. The van der Waals surface area contributed by atoms with E-state index in [1.54, 1.807) is 0 Å². The van der Waals surface area contributed by atoms with Gasteiger partial charge in [-0.05, 0) is 84.9 Å². The van der Waals surface area contributed by atoms with E-state index in [0.29, 0.717) is 5.56 Å². The van der Waals surface area contributed by atoms with Crippen molar-refractivity contribution in [2.75, 3.05) is 0 Å². The van der Waals surface area contributed by atoms with E-state index >= 15 is 0 Å². The summed E-state index contributed by atoms with van der Waals surface area (Å²) >= 11 is 0. The molecular weight excluding hydrogens is 625 g/mol. The second-order valence-corrected chi connectivity index (χ2v) is 12.7. The number of benzene rings is 7. The predicted molar refractivity (Wildman–Crippen MR) is 206 cm³/mol. The van der Waals surface area contributed by atoms with Gasteiger partial charge < -0.3 is 4.57 Å². The van der Waals surface area contributed by atoms with Crippen LogP contribution in [-0.2, 0) is 0 Å². The summed E-state index contributed by atoms with van der Waals surface area (Å²) in [6.07, 6.45) is 0. The second-order valence-electron chi connectivity index (χ2n) is 12.7. The van der Waals surface area contributed by atoms with Crippen LogP contribution < -0.4 is 0 Å². The lowest BCUT2D eigenvalue weighted by atomic mass is 10.1. The van der Waals surface area contributed by atoms with Gasteiger partial charge in [-0.25, -0.2) is 9.97 Å². The number of aromatic nitrogens is 5. The highest BCUT2D eigenvalue weighted by Crippen LogP contribution is 2.38. The number of para-hydroxylation sites is 7. The van der Waals surface area contributed by atoms with Gasteiger partial charge in [0, 0.05) is 39.0 Å². The zero-order valence-corrected chi connectivity index (χ0v) is 27.3. The first-order valence-corrected chi connectivity index (χ1v) is 16.9. The molecule has 10 rings (SSSR count). The first-order valence-electron chi connectivity index (χ1n) is 16.9. The van der Waals surface area contributed by atoms with Crippen molar-refractivity contribution >= 4 is 43.9 Å². The van der Waals surface area contributed by atoms with E-state index in [2.05, 4.69) is 135 Å². The summed E-state index contributed by atoms with van der Waals surface area (Å²) in [4.78, 5) is 10.5. The third-order valence-corrected chi connectivity index (χ3v) is 9.64. The Labute approximate surface area is 293 Å². The SMILES string of the molecule is N#Cc1cccc(-n2c(-c3cc(-c4nc5ccccc5n4-c4ccccc4)cc(-n4c5ccccc5c5ccccc54)c3)nc3ccccc32)c1. The molecule has 51 heavy (non-hydrogen) atoms. The Bertz CT molecular complexity index is 2940. The van der Waals surface area contributed by atoms with Crippen molar-refractivity contribution in [2.45, 2.75) is 0 Å². The largest absolute Gasteiger partial charge is 0.309 e. The molecule has 238 valence electrons. The molecule has 0 aliphatic carbocycles. The van der Waals surface area contributed by atoms with Gasteiger partial charge in [0.05, 0.1) is 44.7 Å². The van der Waals surface area contributed by atoms with Gasteiger partial charge in [0.2, 0.25) is 0 Å². The Morgan fingerprint density at radius 2 is 0.882 bits per heavy atom. The smallest absolute Gasteiger partial charge is 0.145 e. The standard InChI is InChI=1S/C45H28N6/c46-29-30-13-12-16-34(25-30)51-43-24-11-7-20-39(43)48-45(51)32-26-31(44-47-38-19-6-10-23-42(38)50(44)33-14-2-1-3-15-33)27-35(28-32)49-40-21-8-4-17-36(40)37-18-5-9-22-41(37)49/h1-28H. The highest BCUT2D eigenvalue weighted by atomic mass is 15.1. The third-order valence-electron chi connectivity index (χ3n) is 9.64. The zero-order chi connectivity index (χ0) is 33.9. The molecule has 0 aliphatic heterocycles. The molecule has 0 unspecified atom stereocenters. The van der Waals surface area contributed by atoms with Crippen LogP contribution in [0.2, 0.25) is 0 Å². The normalized spacial score (nSPS) is 11.5. The van der Waals surface area contributed by atoms with Gasteiger partial charge in [-0.1, -0.05) is 84.9 Å². The Morgan fingerprint density at radius 1 is 0.392 bits per heavy atom. The summed E-state index contributed by atoms with van der Waals surface area (Å²) in [5, 5.41) is 12.2. The van der Waals surface area contributed by atoms with Crippen LogP contribution in [0.1, 0.15) is 5.56 Å². The van der Waals surface area contributed by atoms with Crippen molar-refractivity contribution in [3.63, 3.8) is 0 Å². The van der Waals surface area contributed by atoms with Crippen LogP contribution in [0.4, 0.5) is 0 Å². The van der Waals surface area contributed by atoms with Gasteiger partial charge in [-0.15, -0.1) is 0 Å². The van der Waals surface area contributed by atoms with Crippen LogP contribution in [0.25, 0.3) is 83.7 Å². The van der Waals surface area contributed by atoms with Crippen LogP contribution in [0, 0.1) is 11.3 Å². The lowest BCUT2D eigenvalue weighted by Gasteiger charge is -2.16. The van der Waals surface area contributed by atoms with Crippen molar-refractivity contribution in [3.8, 4) is 45.9 Å². The Balaban J connectivity index is 1.33. The zero-order valence-electron chi connectivity index (χ0n) is 27.3. The molecule has 7 aromatic carbocycles. The monoisotopic (exact) mass is 652 g/mol. The topological polar surface area (TPSA) is 64.4 Å². The molecule has 6 heteroatoms. The van der Waals surface area contributed by atoms with Crippen molar-refractivity contribution in [1.82, 2.24) is 23.7 Å². The van der Waals surface area contributed by atoms with Crippen LogP contribution in [0.15, 0.2) is 170 Å². The minimum absolute atomic E-state index is 0.590. The first-order chi connectivity index (χ1) is 25.2. The number of nitriles is 1. The summed E-state index contributed by atoms with van der Waals surface area (Å²) in [6, 6.07) is 60.7. The molecule has 3 heterocycles. The fraction of sp³-hybridized carbons (Fsp3) is 0. The van der Waals surface area contributed by atoms with E-state index in [1.807, 2.05) is 54.6 Å². The molecule has 0 N–H and O–H groups in total. The lowest BCUT2D eigenvalue weighted by Crippen LogP contribution is -2.02. The molecule has 0 radical (unpaired) electrons. The Morgan fingerprint density at radius 3 is 1.47 bits per heavy atom. The Kier molecular flexibility index (Phi) is 6.45. The third kappa shape index (κ3) is 4.57. The van der Waals surface area contributed by atoms with Crippen molar-refractivity contribution < 1.29 is 0 Å². The van der Waals surface area contributed by atoms with E-state index in [4.69, 9.17) is 9.97 Å². The van der Waals surface area contributed by atoms with Crippen LogP contribution in [0.5, 0.6) is 0 Å². The fourth-order valence-corrected chi connectivity index (χ4v) is 7.45. The quantitative estimate of drug-likeness (QED) is 0.186. The predicted octanol–water partition coefficient (Wildman–Crippen LogP) is 10.7. The van der Waals surface area contributed by atoms with Crippen molar-refractivity contribution in [2.24, 2.45) is 0 Å². The van der Waals surface area contributed by atoms with Crippen LogP contribution in [-0.4, -0.2) is 23.7 Å². The van der Waals surface area contributed by atoms with Crippen LogP contribution >= 0.6 is 0 Å². The van der Waals surface area contributed by atoms with Gasteiger partial charge >= 0.3 is 0 Å². The number of rotatable bonds is 5. The molecule has 3 aromatic heterocycles. The Hall–Kier alpha value is -7.23. The average Bonchev–Trinajstić information content (AvgIpc) is 3.88. The molecule has 0 atom stereocenters. The summed E-state index contributed by atoms with van der Waals surface area (Å²) < 4.78 is 6.74. The first kappa shape index (κ1) is 28.8. The lowest BCUT2D eigenvalue weighted by molar-refractivity contribution is 1.09. The molecule has 6 nitrogen and oxygen atoms in total. The maximum absolute atomic E-state index is 9.83. The summed E-state index contributed by atoms with van der Waals surface area (Å²) in [5.41, 5.74) is 11.4. The maximum atomic E-state index is 9.83. The maximum Gasteiger partial charge on any atom is 0.145 e. The minimum atomic E-state index is 0.590. The van der Waals surface area contributed by atoms with Gasteiger partial charge in [0.15, 0.2) is 0 Å². The number of imidazole rings is 2. The van der Waals surface area contributed by atoms with Crippen LogP contribution in [0.3, 0.4) is 0 Å². The highest BCUT2D eigenvalue weighted by molar-refractivity contribution is 6.09. The van der Waals surface area contributed by atoms with Gasteiger partial charge in [-0.2, -0.15) is 5.26 Å². The van der Waals surface area contributed by atoms with E-state index in [9.17, 15) is 5.26 Å². The molecular formula is C45H28N6. The van der Waals surface area contributed by atoms with Crippen molar-refractivity contribution in [3.05, 3.63) is 175 Å². The van der Waals surface area contributed by atoms with Crippen molar-refractivity contribution in [1.29, 1.82) is 5.26 Å². The van der Waals surface area contributed by atoms with Gasteiger partial charge in [0.1, 0.15) is 11.6 Å². The summed E-state index contributed by atoms with van der Waals surface area (Å²) in [7, 11) is 0. The minimum Gasteiger partial charge on any atom is -0.309 e. The number of fused-ring (bicyclic) bond motifs is 5. The molecule has 0 bridgehead atoms. The molecule has 0 aliphatic rings. The number of nitrogens with zero attached hydrogens (tertiary/aromatic N) is 6. The molecule has 10 aromatic rings. The van der Waals surface area contributed by atoms with E-state index in [1.165, 1.54) is 10.8 Å². The number of hydrogen-bond donors (Lipinski definition) is 0. The summed E-state index contributed by atoms with van der Waals surface area (Å²) in [5.74, 6) is 1.61. The van der Waals surface area contributed by atoms with Gasteiger partial charge in [0.25, 0.3) is 0 Å². The summed E-state index contributed by atoms with van der Waals surface area (Å²) in [6.45, 7) is 0. The molecule has 0 amide bonds. The van der Waals surface area contributed by atoms with Gasteiger partial charge in [-0.3, -0.25) is 9.13 Å². The van der Waals surface area contributed by atoms with E-state index < -0.39 is 0 Å². The van der Waals surface area contributed by atoms with E-state index in [0.717, 1.165) is 72.9 Å². The second kappa shape index (κ2) is 11.4. The molecule has 0 fully saturated rings. The molecule has 0 saturated heterocycles. The van der Waals surface area contributed by atoms with E-state index in [-0.39, 0.29) is 0 Å². The molecule has 0 spiro atoms. The fourth-order valence-electron chi connectivity index (χ4n) is 7.45. The average molecular weight is 653 g/mol.